The van der Waals surface area contributed by atoms with E-state index in [0.717, 1.165) is 0 Å². The monoisotopic (exact) mass is 347 g/mol. The van der Waals surface area contributed by atoms with Crippen molar-refractivity contribution in [2.45, 2.75) is 30.9 Å². The molecule has 5 nitrogen and oxygen atoms in total. The van der Waals surface area contributed by atoms with Crippen molar-refractivity contribution in [2.75, 3.05) is 6.61 Å². The van der Waals surface area contributed by atoms with Crippen LogP contribution in [0.5, 0.6) is 5.75 Å². The molecule has 0 aromatic heterocycles. The number of ketones is 2. The number of hydrogen-bond acceptors (Lipinski definition) is 5. The Morgan fingerprint density at radius 3 is 2.30 bits per heavy atom. The highest BCUT2D eigenvalue weighted by Crippen LogP contribution is 2.38. The minimum Gasteiger partial charge on any atom is -0.493 e. The van der Waals surface area contributed by atoms with E-state index in [1.54, 1.807) is 13.0 Å². The average Bonchev–Trinajstić information content (AvgIpc) is 2.37. The lowest BCUT2D eigenvalue weighted by atomic mass is 9.90. The second kappa shape index (κ2) is 8.19. The summed E-state index contributed by atoms with van der Waals surface area (Å²) in [6.45, 7) is 4.69. The quantitative estimate of drug-likeness (QED) is 0.613. The summed E-state index contributed by atoms with van der Waals surface area (Å²) in [5.74, 6) is -1.85. The third kappa shape index (κ3) is 3.60. The molecule has 0 spiro atoms. The Morgan fingerprint density at radius 1 is 1.26 bits per heavy atom. The van der Waals surface area contributed by atoms with Crippen LogP contribution in [-0.2, 0) is 14.6 Å². The molecule has 1 aliphatic rings. The first-order valence-corrected chi connectivity index (χ1v) is 7.91. The number of ether oxygens (including phenoxy) is 1. The van der Waals surface area contributed by atoms with Crippen LogP contribution in [0.2, 0.25) is 0 Å². The van der Waals surface area contributed by atoms with Crippen molar-refractivity contribution in [2.24, 2.45) is 5.92 Å². The third-order valence-corrected chi connectivity index (χ3v) is 5.72. The minimum absolute atomic E-state index is 0. The largest absolute Gasteiger partial charge is 0.493 e. The van der Waals surface area contributed by atoms with E-state index < -0.39 is 32.6 Å². The summed E-state index contributed by atoms with van der Waals surface area (Å²) in [5.41, 5.74) is 0.00708. The molecule has 0 amide bonds. The van der Waals surface area contributed by atoms with Gasteiger partial charge in [-0.3, -0.25) is 19.0 Å². The highest BCUT2D eigenvalue weighted by molar-refractivity contribution is 7.92. The van der Waals surface area contributed by atoms with Gasteiger partial charge in [0, 0.05) is 8.41 Å². The molecule has 0 saturated carbocycles. The molecule has 9 heteroatoms. The van der Waals surface area contributed by atoms with E-state index in [4.69, 9.17) is 4.74 Å². The molecule has 1 aliphatic heterocycles. The highest BCUT2D eigenvalue weighted by Gasteiger charge is 2.46. The first-order chi connectivity index (χ1) is 9.32. The maximum absolute atomic E-state index is 12.5. The lowest BCUT2D eigenvalue weighted by Gasteiger charge is -2.28. The molecule has 0 aliphatic carbocycles. The topological polar surface area (TPSA) is 77.5 Å². The molecule has 2 atom stereocenters. The molecule has 2 rings (SSSR count). The first kappa shape index (κ1) is 23.5. The van der Waals surface area contributed by atoms with Crippen LogP contribution in [0.25, 0.3) is 0 Å². The molecule has 1 aromatic carbocycles. The normalized spacial score (nSPS) is 20.9. The number of sulfone groups is 1. The van der Waals surface area contributed by atoms with E-state index in [0.29, 0.717) is 6.61 Å². The van der Waals surface area contributed by atoms with E-state index in [1.165, 1.54) is 26.0 Å². The van der Waals surface area contributed by atoms with Gasteiger partial charge in [-0.25, -0.2) is 8.42 Å². The van der Waals surface area contributed by atoms with E-state index in [1.807, 2.05) is 0 Å². The fraction of sp³-hybridized carbons (Fsp3) is 0.429. The zero-order valence-corrected chi connectivity index (χ0v) is 13.8. The summed E-state index contributed by atoms with van der Waals surface area (Å²) in [7, 11) is -3.71. The Balaban J connectivity index is 0. The average molecular weight is 347 g/mol. The predicted octanol–water partition coefficient (Wildman–Crippen LogP) is 1.57. The zero-order chi connectivity index (χ0) is 15.1. The van der Waals surface area contributed by atoms with Gasteiger partial charge < -0.3 is 4.74 Å². The zero-order valence-electron chi connectivity index (χ0n) is 12.9. The number of Topliss-reactive ketones (excluding diaryl/α,β-unsaturated/α-hetero) is 2. The third-order valence-electron chi connectivity index (χ3n) is 3.52. The highest BCUT2D eigenvalue weighted by atomic mass is 32.2. The van der Waals surface area contributed by atoms with E-state index in [2.05, 4.69) is 0 Å². The lowest BCUT2D eigenvalue weighted by Crippen LogP contribution is -2.42. The molecule has 0 N–H and O–H groups in total. The Kier molecular flexibility index (Phi) is 8.37. The number of carbonyl (C=O) groups excluding carboxylic acids is 2. The van der Waals surface area contributed by atoms with Gasteiger partial charge in [0.15, 0.2) is 15.6 Å². The Labute approximate surface area is 135 Å². The molecule has 0 saturated heterocycles. The number of halogens is 2. The van der Waals surface area contributed by atoms with Crippen molar-refractivity contribution in [1.29, 1.82) is 0 Å². The molecule has 23 heavy (non-hydrogen) atoms. The van der Waals surface area contributed by atoms with Crippen molar-refractivity contribution in [3.63, 3.8) is 0 Å². The molecule has 2 unspecified atom stereocenters. The summed E-state index contributed by atoms with van der Waals surface area (Å²) in [4.78, 5) is 24.1. The van der Waals surface area contributed by atoms with Gasteiger partial charge >= 0.3 is 0 Å². The molecule has 1 aromatic rings. The molecule has 0 bridgehead atoms. The fourth-order valence-corrected chi connectivity index (χ4v) is 4.36. The Morgan fingerprint density at radius 2 is 1.83 bits per heavy atom. The number of hydrogen-bond donors (Lipinski definition) is 0. The SMILES string of the molecule is CCOc1cccc2c1C(=O)C(C(C)=O)C(C)S2(=O)=O.F.F.[B]. The second-order valence-electron chi connectivity index (χ2n) is 4.76. The molecule has 0 fully saturated rings. The molecule has 3 radical (unpaired) electrons. The summed E-state index contributed by atoms with van der Waals surface area (Å²) < 4.78 is 30.3. The Hall–Kier alpha value is -1.77. The van der Waals surface area contributed by atoms with Gasteiger partial charge in [0.05, 0.1) is 28.2 Å². The van der Waals surface area contributed by atoms with Crippen LogP contribution in [0.3, 0.4) is 0 Å². The predicted molar refractivity (Wildman–Crippen MR) is 83.5 cm³/mol. The first-order valence-electron chi connectivity index (χ1n) is 6.36. The van der Waals surface area contributed by atoms with E-state index in [-0.39, 0.29) is 34.0 Å². The summed E-state index contributed by atoms with van der Waals surface area (Å²) >= 11 is 0. The van der Waals surface area contributed by atoms with Crippen LogP contribution in [0.1, 0.15) is 31.1 Å². The van der Waals surface area contributed by atoms with Gasteiger partial charge in [-0.05, 0) is 32.9 Å². The minimum atomic E-state index is -3.71. The second-order valence-corrected chi connectivity index (χ2v) is 7.04. The van der Waals surface area contributed by atoms with Gasteiger partial charge in [0.25, 0.3) is 0 Å². The van der Waals surface area contributed by atoms with Crippen molar-refractivity contribution in [3.8, 4) is 5.75 Å². The number of rotatable bonds is 3. The van der Waals surface area contributed by atoms with E-state index >= 15 is 0 Å². The van der Waals surface area contributed by atoms with Crippen molar-refractivity contribution in [1.82, 2.24) is 0 Å². The number of fused-ring (bicyclic) bond motifs is 1. The van der Waals surface area contributed by atoms with Crippen LogP contribution in [-0.4, -0.2) is 40.3 Å². The number of benzene rings is 1. The molecule has 127 valence electrons. The van der Waals surface area contributed by atoms with Crippen LogP contribution in [0.15, 0.2) is 23.1 Å². The van der Waals surface area contributed by atoms with Crippen molar-refractivity contribution in [3.05, 3.63) is 23.8 Å². The van der Waals surface area contributed by atoms with Gasteiger partial charge in [-0.1, -0.05) is 6.07 Å². The van der Waals surface area contributed by atoms with Gasteiger partial charge in [-0.15, -0.1) is 0 Å². The molecule has 1 heterocycles. The number of carbonyl (C=O) groups is 2. The summed E-state index contributed by atoms with van der Waals surface area (Å²) in [6.07, 6.45) is 0. The van der Waals surface area contributed by atoms with Crippen LogP contribution >= 0.6 is 0 Å². The van der Waals surface area contributed by atoms with Gasteiger partial charge in [0.2, 0.25) is 0 Å². The maximum Gasteiger partial charge on any atom is 0.182 e. The molecular weight excluding hydrogens is 329 g/mol. The van der Waals surface area contributed by atoms with Gasteiger partial charge in [0.1, 0.15) is 11.5 Å². The summed E-state index contributed by atoms with van der Waals surface area (Å²) in [5, 5.41) is -1.04. The Bertz CT molecular complexity index is 690. The van der Waals surface area contributed by atoms with Crippen molar-refractivity contribution < 1.29 is 32.2 Å². The van der Waals surface area contributed by atoms with Gasteiger partial charge in [-0.2, -0.15) is 0 Å². The van der Waals surface area contributed by atoms with Crippen LogP contribution in [0.4, 0.5) is 9.41 Å². The van der Waals surface area contributed by atoms with E-state index in [9.17, 15) is 18.0 Å². The lowest BCUT2D eigenvalue weighted by molar-refractivity contribution is -0.119. The fourth-order valence-electron chi connectivity index (χ4n) is 2.53. The summed E-state index contributed by atoms with van der Waals surface area (Å²) in [6, 6.07) is 4.47. The standard InChI is InChI=1S/C14H16O5S.B.2FH/c1-4-19-10-6-5-7-11-13(10)14(16)12(8(2)15)9(3)20(11,17)18;;;/h5-7,9,12H,4H2,1-3H3;;2*1H. The molecular formula is C14H18BF2O5S. The van der Waals surface area contributed by atoms with Crippen LogP contribution in [0, 0.1) is 5.92 Å². The smallest absolute Gasteiger partial charge is 0.182 e. The van der Waals surface area contributed by atoms with Crippen LogP contribution < -0.4 is 4.74 Å². The van der Waals surface area contributed by atoms with Crippen molar-refractivity contribution >= 4 is 29.8 Å². The maximum atomic E-state index is 12.5.